The zero-order chi connectivity index (χ0) is 14.0. The van der Waals surface area contributed by atoms with Crippen LogP contribution in [0.2, 0.25) is 0 Å². The van der Waals surface area contributed by atoms with Crippen molar-refractivity contribution in [2.75, 3.05) is 10.5 Å². The number of nitrogens with two attached hydrogens (primary N) is 1. The monoisotopic (exact) mass is 281 g/mol. The molecule has 1 aromatic carbocycles. The molecule has 0 aliphatic rings. The van der Waals surface area contributed by atoms with Crippen LogP contribution >= 0.6 is 0 Å². The lowest BCUT2D eigenvalue weighted by molar-refractivity contribution is 0.601. The predicted molar refractivity (Wildman–Crippen MR) is 70.6 cm³/mol. The Balaban J connectivity index is 2.37. The van der Waals surface area contributed by atoms with Gasteiger partial charge in [0.1, 0.15) is 16.5 Å². The summed E-state index contributed by atoms with van der Waals surface area (Å²) in [6, 6.07) is 6.40. The van der Waals surface area contributed by atoms with Gasteiger partial charge in [-0.05, 0) is 42.8 Å². The second-order valence-electron chi connectivity index (χ2n) is 4.01. The number of nitrogens with zero attached hydrogens (tertiary/aromatic N) is 1. The zero-order valence-electron chi connectivity index (χ0n) is 10.1. The maximum atomic E-state index is 12.8. The van der Waals surface area contributed by atoms with Crippen LogP contribution in [0.1, 0.15) is 5.56 Å². The van der Waals surface area contributed by atoms with Crippen molar-refractivity contribution in [3.05, 3.63) is 47.9 Å². The lowest BCUT2D eigenvalue weighted by Gasteiger charge is -2.10. The van der Waals surface area contributed by atoms with Crippen molar-refractivity contribution in [1.82, 2.24) is 4.98 Å². The van der Waals surface area contributed by atoms with Gasteiger partial charge in [-0.3, -0.25) is 4.72 Å². The number of sulfonamides is 1. The van der Waals surface area contributed by atoms with Gasteiger partial charge in [-0.25, -0.2) is 17.8 Å². The number of anilines is 2. The van der Waals surface area contributed by atoms with Crippen LogP contribution < -0.4 is 10.5 Å². The van der Waals surface area contributed by atoms with Gasteiger partial charge in [-0.1, -0.05) is 0 Å². The van der Waals surface area contributed by atoms with Gasteiger partial charge in [0.05, 0.1) is 0 Å². The molecule has 19 heavy (non-hydrogen) atoms. The van der Waals surface area contributed by atoms with Crippen molar-refractivity contribution in [2.24, 2.45) is 0 Å². The number of nitrogen functional groups attached to an aromatic ring is 1. The van der Waals surface area contributed by atoms with Gasteiger partial charge < -0.3 is 5.73 Å². The first kappa shape index (κ1) is 13.3. The Labute approximate surface area is 110 Å². The summed E-state index contributed by atoms with van der Waals surface area (Å²) < 4.78 is 39.3. The molecule has 0 aliphatic carbocycles. The van der Waals surface area contributed by atoms with E-state index in [4.69, 9.17) is 5.73 Å². The summed E-state index contributed by atoms with van der Waals surface area (Å²) in [7, 11) is -3.84. The number of benzene rings is 1. The van der Waals surface area contributed by atoms with E-state index in [0.29, 0.717) is 5.56 Å². The number of halogens is 1. The van der Waals surface area contributed by atoms with Gasteiger partial charge in [0.2, 0.25) is 0 Å². The molecule has 0 spiro atoms. The van der Waals surface area contributed by atoms with Crippen molar-refractivity contribution in [3.8, 4) is 0 Å². The van der Waals surface area contributed by atoms with Crippen LogP contribution in [0.15, 0.2) is 41.4 Å². The van der Waals surface area contributed by atoms with Gasteiger partial charge in [-0.15, -0.1) is 0 Å². The van der Waals surface area contributed by atoms with E-state index in [1.165, 1.54) is 24.4 Å². The molecule has 2 rings (SSSR count). The van der Waals surface area contributed by atoms with Gasteiger partial charge in [0, 0.05) is 11.9 Å². The summed E-state index contributed by atoms with van der Waals surface area (Å²) in [5.41, 5.74) is 6.49. The van der Waals surface area contributed by atoms with Gasteiger partial charge in [-0.2, -0.15) is 0 Å². The summed E-state index contributed by atoms with van der Waals surface area (Å²) in [6.07, 6.45) is 1.48. The van der Waals surface area contributed by atoms with Crippen molar-refractivity contribution in [3.63, 3.8) is 0 Å². The minimum absolute atomic E-state index is 0.0831. The van der Waals surface area contributed by atoms with E-state index in [1.807, 2.05) is 0 Å². The van der Waals surface area contributed by atoms with E-state index in [9.17, 15) is 12.8 Å². The van der Waals surface area contributed by atoms with Crippen LogP contribution in [0.5, 0.6) is 0 Å². The molecule has 5 nitrogen and oxygen atoms in total. The van der Waals surface area contributed by atoms with Crippen molar-refractivity contribution < 1.29 is 12.8 Å². The third-order valence-electron chi connectivity index (χ3n) is 2.40. The van der Waals surface area contributed by atoms with E-state index < -0.39 is 15.8 Å². The molecule has 1 aromatic heterocycles. The standard InChI is InChI=1S/C12H12FN3O2S/c1-8-6-11(12(14)15-7-8)19(17,18)16-10-4-2-9(13)3-5-10/h2-7,16H,1H3,(H2,14,15). The largest absolute Gasteiger partial charge is 0.383 e. The Morgan fingerprint density at radius 3 is 2.53 bits per heavy atom. The van der Waals surface area contributed by atoms with E-state index in [2.05, 4.69) is 9.71 Å². The Bertz CT molecular complexity index is 699. The number of pyridine rings is 1. The summed E-state index contributed by atoms with van der Waals surface area (Å²) in [4.78, 5) is 3.70. The summed E-state index contributed by atoms with van der Waals surface area (Å²) in [5.74, 6) is -0.528. The number of hydrogen-bond donors (Lipinski definition) is 2. The van der Waals surface area contributed by atoms with E-state index >= 15 is 0 Å². The first-order valence-electron chi connectivity index (χ1n) is 5.39. The van der Waals surface area contributed by atoms with E-state index in [1.54, 1.807) is 6.92 Å². The molecule has 3 N–H and O–H groups in total. The number of nitrogens with one attached hydrogen (secondary N) is 1. The highest BCUT2D eigenvalue weighted by Gasteiger charge is 2.18. The molecular weight excluding hydrogens is 269 g/mol. The highest BCUT2D eigenvalue weighted by molar-refractivity contribution is 7.92. The molecule has 100 valence electrons. The summed E-state index contributed by atoms with van der Waals surface area (Å²) in [6.45, 7) is 1.71. The minimum Gasteiger partial charge on any atom is -0.383 e. The normalized spacial score (nSPS) is 11.3. The average molecular weight is 281 g/mol. The zero-order valence-corrected chi connectivity index (χ0v) is 10.9. The molecule has 0 fully saturated rings. The SMILES string of the molecule is Cc1cnc(N)c(S(=O)(=O)Nc2ccc(F)cc2)c1. The van der Waals surface area contributed by atoms with E-state index in [-0.39, 0.29) is 16.4 Å². The first-order chi connectivity index (χ1) is 8.88. The van der Waals surface area contributed by atoms with E-state index in [0.717, 1.165) is 12.1 Å². The predicted octanol–water partition coefficient (Wildman–Crippen LogP) is 1.91. The molecule has 0 atom stereocenters. The molecule has 0 saturated carbocycles. The Hall–Kier alpha value is -2.15. The highest BCUT2D eigenvalue weighted by atomic mass is 32.2. The average Bonchev–Trinajstić information content (AvgIpc) is 2.35. The molecule has 0 bridgehead atoms. The molecule has 0 amide bonds. The van der Waals surface area contributed by atoms with Crippen LogP contribution in [0, 0.1) is 12.7 Å². The summed E-state index contributed by atoms with van der Waals surface area (Å²) >= 11 is 0. The van der Waals surface area contributed by atoms with Crippen LogP contribution in [0.25, 0.3) is 0 Å². The van der Waals surface area contributed by atoms with Crippen molar-refractivity contribution in [1.29, 1.82) is 0 Å². The maximum absolute atomic E-state index is 12.8. The fourth-order valence-corrected chi connectivity index (χ4v) is 2.72. The smallest absolute Gasteiger partial charge is 0.265 e. The molecular formula is C12H12FN3O2S. The second kappa shape index (κ2) is 4.85. The number of rotatable bonds is 3. The molecule has 0 aliphatic heterocycles. The molecule has 0 saturated heterocycles. The molecule has 7 heteroatoms. The minimum atomic E-state index is -3.84. The Kier molecular flexibility index (Phi) is 3.39. The fraction of sp³-hybridized carbons (Fsp3) is 0.0833. The molecule has 0 radical (unpaired) electrons. The van der Waals surface area contributed by atoms with Gasteiger partial charge in [0.15, 0.2) is 0 Å². The number of hydrogen-bond acceptors (Lipinski definition) is 4. The molecule has 2 aromatic rings. The molecule has 1 heterocycles. The topological polar surface area (TPSA) is 85.1 Å². The second-order valence-corrected chi connectivity index (χ2v) is 5.66. The third kappa shape index (κ3) is 3.00. The molecule has 0 unspecified atom stereocenters. The van der Waals surface area contributed by atoms with Crippen LogP contribution in [-0.2, 0) is 10.0 Å². The van der Waals surface area contributed by atoms with Gasteiger partial charge in [0.25, 0.3) is 10.0 Å². The fourth-order valence-electron chi connectivity index (χ4n) is 1.50. The highest BCUT2D eigenvalue weighted by Crippen LogP contribution is 2.20. The van der Waals surface area contributed by atoms with Crippen molar-refractivity contribution >= 4 is 21.5 Å². The summed E-state index contributed by atoms with van der Waals surface area (Å²) in [5, 5.41) is 0. The van der Waals surface area contributed by atoms with Crippen LogP contribution in [0.3, 0.4) is 0 Å². The Morgan fingerprint density at radius 1 is 1.26 bits per heavy atom. The van der Waals surface area contributed by atoms with Gasteiger partial charge >= 0.3 is 0 Å². The van der Waals surface area contributed by atoms with Crippen LogP contribution in [-0.4, -0.2) is 13.4 Å². The maximum Gasteiger partial charge on any atom is 0.265 e. The quantitative estimate of drug-likeness (QED) is 0.900. The third-order valence-corrected chi connectivity index (χ3v) is 3.81. The lowest BCUT2D eigenvalue weighted by atomic mass is 10.3. The Morgan fingerprint density at radius 2 is 1.89 bits per heavy atom. The first-order valence-corrected chi connectivity index (χ1v) is 6.87. The lowest BCUT2D eigenvalue weighted by Crippen LogP contribution is -2.15. The van der Waals surface area contributed by atoms with Crippen molar-refractivity contribution in [2.45, 2.75) is 11.8 Å². The number of aromatic nitrogens is 1. The number of aryl methyl sites for hydroxylation is 1. The van der Waals surface area contributed by atoms with Crippen LogP contribution in [0.4, 0.5) is 15.9 Å².